The predicted octanol–water partition coefficient (Wildman–Crippen LogP) is 6.50. The monoisotopic (exact) mass is 598 g/mol. The Labute approximate surface area is 229 Å². The summed E-state index contributed by atoms with van der Waals surface area (Å²) in [7, 11) is 1.50. The number of hydrazone groups is 1. The molecule has 5 rings (SSSR count). The van der Waals surface area contributed by atoms with Gasteiger partial charge in [-0.15, -0.1) is 0 Å². The molecule has 186 valence electrons. The number of carbonyl (C=O) groups is 1. The number of amides is 1. The molecular formula is C26H17BrClFN4O3S. The van der Waals surface area contributed by atoms with Crippen molar-refractivity contribution in [3.05, 3.63) is 98.2 Å². The summed E-state index contributed by atoms with van der Waals surface area (Å²) >= 11 is 11.0. The molecule has 7 nitrogen and oxygen atoms in total. The first-order valence-electron chi connectivity index (χ1n) is 10.8. The van der Waals surface area contributed by atoms with Gasteiger partial charge in [-0.25, -0.2) is 4.39 Å². The maximum absolute atomic E-state index is 13.2. The number of hydrogen-bond donors (Lipinski definition) is 1. The van der Waals surface area contributed by atoms with Crippen LogP contribution in [0.15, 0.2) is 80.8 Å². The number of thioether (sulfide) groups is 1. The average molecular weight is 600 g/mol. The molecule has 0 aliphatic carbocycles. The van der Waals surface area contributed by atoms with Gasteiger partial charge in [0, 0.05) is 5.56 Å². The van der Waals surface area contributed by atoms with E-state index in [1.807, 2.05) is 18.2 Å². The summed E-state index contributed by atoms with van der Waals surface area (Å²) in [5, 5.41) is 15.8. The highest BCUT2D eigenvalue weighted by Gasteiger charge is 2.36. The number of hydrogen-bond acceptors (Lipinski definition) is 6. The predicted molar refractivity (Wildman–Crippen MR) is 147 cm³/mol. The summed E-state index contributed by atoms with van der Waals surface area (Å²) in [5.41, 5.74) is 2.15. The zero-order valence-corrected chi connectivity index (χ0v) is 22.3. The van der Waals surface area contributed by atoms with E-state index in [4.69, 9.17) is 26.5 Å². The van der Waals surface area contributed by atoms with Gasteiger partial charge in [0.05, 0.1) is 22.2 Å². The van der Waals surface area contributed by atoms with Crippen molar-refractivity contribution in [3.8, 4) is 11.5 Å². The van der Waals surface area contributed by atoms with Crippen LogP contribution in [0, 0.1) is 11.2 Å². The van der Waals surface area contributed by atoms with Gasteiger partial charge in [0.2, 0.25) is 5.17 Å². The number of carbonyl (C=O) groups excluding carboxylic acids is 1. The lowest BCUT2D eigenvalue weighted by molar-refractivity contribution is -0.114. The van der Waals surface area contributed by atoms with Crippen LogP contribution in [-0.4, -0.2) is 34.1 Å². The van der Waals surface area contributed by atoms with Crippen molar-refractivity contribution in [1.29, 1.82) is 5.41 Å². The Morgan fingerprint density at radius 1 is 1.19 bits per heavy atom. The molecule has 0 unspecified atom stereocenters. The lowest BCUT2D eigenvalue weighted by Gasteiger charge is -2.20. The second-order valence-electron chi connectivity index (χ2n) is 7.85. The van der Waals surface area contributed by atoms with Crippen LogP contribution in [0.3, 0.4) is 0 Å². The molecule has 0 bridgehead atoms. The van der Waals surface area contributed by atoms with Crippen molar-refractivity contribution in [2.24, 2.45) is 10.1 Å². The van der Waals surface area contributed by atoms with Crippen LogP contribution < -0.4 is 9.47 Å². The molecule has 2 aliphatic heterocycles. The number of nitrogens with zero attached hydrogens (tertiary/aromatic N) is 3. The van der Waals surface area contributed by atoms with Crippen LogP contribution in [-0.2, 0) is 11.4 Å². The van der Waals surface area contributed by atoms with Gasteiger partial charge in [-0.2, -0.15) is 15.1 Å². The Morgan fingerprint density at radius 3 is 2.68 bits per heavy atom. The summed E-state index contributed by atoms with van der Waals surface area (Å²) in [6.07, 6.45) is 1.55. The van der Waals surface area contributed by atoms with E-state index in [-0.39, 0.29) is 23.8 Å². The van der Waals surface area contributed by atoms with E-state index >= 15 is 0 Å². The van der Waals surface area contributed by atoms with Crippen molar-refractivity contribution < 1.29 is 18.7 Å². The number of nitrogens with one attached hydrogen (secondary N) is 1. The van der Waals surface area contributed by atoms with Gasteiger partial charge in [0.25, 0.3) is 5.91 Å². The topological polar surface area (TPSA) is 87.3 Å². The van der Waals surface area contributed by atoms with Crippen LogP contribution >= 0.6 is 39.3 Å². The van der Waals surface area contributed by atoms with Gasteiger partial charge >= 0.3 is 0 Å². The lowest BCUT2D eigenvalue weighted by Crippen LogP contribution is -2.35. The third-order valence-electron chi connectivity index (χ3n) is 5.42. The number of benzene rings is 3. The second kappa shape index (κ2) is 10.5. The molecule has 2 aliphatic rings. The molecule has 1 amide bonds. The van der Waals surface area contributed by atoms with Crippen LogP contribution in [0.4, 0.5) is 4.39 Å². The zero-order valence-electron chi connectivity index (χ0n) is 19.2. The van der Waals surface area contributed by atoms with E-state index in [0.29, 0.717) is 42.3 Å². The summed E-state index contributed by atoms with van der Waals surface area (Å²) in [6.45, 7) is 0.203. The molecule has 2 heterocycles. The molecule has 0 saturated carbocycles. The summed E-state index contributed by atoms with van der Waals surface area (Å²) in [5.74, 6) is -0.109. The third kappa shape index (κ3) is 5.18. The van der Waals surface area contributed by atoms with Gasteiger partial charge in [-0.3, -0.25) is 10.2 Å². The number of halogens is 3. The van der Waals surface area contributed by atoms with Crippen LogP contribution in [0.1, 0.15) is 16.7 Å². The first kappa shape index (κ1) is 25.2. The molecule has 0 radical (unpaired) electrons. The molecule has 0 spiro atoms. The fourth-order valence-corrected chi connectivity index (χ4v) is 5.39. The van der Waals surface area contributed by atoms with E-state index in [1.54, 1.807) is 36.4 Å². The second-order valence-corrected chi connectivity index (χ2v) is 10.1. The Balaban J connectivity index is 1.41. The third-order valence-corrected chi connectivity index (χ3v) is 7.28. The fraction of sp³-hybridized carbons (Fsp3) is 0.0769. The van der Waals surface area contributed by atoms with E-state index in [1.165, 1.54) is 36.0 Å². The quantitative estimate of drug-likeness (QED) is 0.327. The zero-order chi connectivity index (χ0) is 26.1. The van der Waals surface area contributed by atoms with Crippen molar-refractivity contribution >= 4 is 67.3 Å². The molecule has 0 saturated heterocycles. The number of ether oxygens (including phenoxy) is 2. The van der Waals surface area contributed by atoms with Gasteiger partial charge < -0.3 is 9.47 Å². The van der Waals surface area contributed by atoms with E-state index in [0.717, 1.165) is 5.56 Å². The minimum absolute atomic E-state index is 0.0717. The number of aliphatic imine (C=N–C) groups is 1. The largest absolute Gasteiger partial charge is 0.493 e. The van der Waals surface area contributed by atoms with Gasteiger partial charge in [0.1, 0.15) is 17.5 Å². The average Bonchev–Trinajstić information content (AvgIpc) is 3.30. The maximum Gasteiger partial charge on any atom is 0.283 e. The SMILES string of the molecule is COc1cc(/C=C2\C(=N)N3N=C(c4ccccc4Cl)SC3=NC2=O)cc(Br)c1OCc1ccc(F)cc1. The Kier molecular flexibility index (Phi) is 7.14. The molecule has 0 aromatic heterocycles. The van der Waals surface area contributed by atoms with Crippen molar-refractivity contribution in [2.75, 3.05) is 7.11 Å². The van der Waals surface area contributed by atoms with E-state index in [2.05, 4.69) is 26.0 Å². The number of rotatable bonds is 6. The summed E-state index contributed by atoms with van der Waals surface area (Å²) in [4.78, 5) is 17.0. The van der Waals surface area contributed by atoms with Crippen molar-refractivity contribution in [1.82, 2.24) is 5.01 Å². The molecule has 11 heteroatoms. The van der Waals surface area contributed by atoms with Crippen LogP contribution in [0.2, 0.25) is 5.02 Å². The minimum atomic E-state index is -0.550. The molecule has 3 aromatic rings. The van der Waals surface area contributed by atoms with E-state index in [9.17, 15) is 9.18 Å². The Morgan fingerprint density at radius 2 is 1.95 bits per heavy atom. The lowest BCUT2D eigenvalue weighted by atomic mass is 10.1. The number of amidine groups is 2. The molecule has 0 atom stereocenters. The molecule has 0 fully saturated rings. The normalized spacial score (nSPS) is 16.0. The molecule has 1 N–H and O–H groups in total. The highest BCUT2D eigenvalue weighted by molar-refractivity contribution is 9.10. The van der Waals surface area contributed by atoms with Gasteiger partial charge in [-0.1, -0.05) is 41.9 Å². The minimum Gasteiger partial charge on any atom is -0.493 e. The summed E-state index contributed by atoms with van der Waals surface area (Å²) < 4.78 is 25.2. The van der Waals surface area contributed by atoms with E-state index < -0.39 is 5.91 Å². The van der Waals surface area contributed by atoms with Gasteiger partial charge in [0.15, 0.2) is 17.3 Å². The van der Waals surface area contributed by atoms with Crippen LogP contribution in [0.25, 0.3) is 6.08 Å². The molecular weight excluding hydrogens is 583 g/mol. The first-order valence-corrected chi connectivity index (χ1v) is 12.8. The first-order chi connectivity index (χ1) is 17.8. The standard InChI is InChI=1S/C26H17BrClFN4O3S/c1-35-21-12-15(11-19(27)22(21)36-13-14-6-8-16(29)9-7-14)10-18-23(30)33-26(31-24(18)34)37-25(32-33)17-4-2-3-5-20(17)28/h2-12,30H,13H2,1H3/b18-10+,30-23?. The van der Waals surface area contributed by atoms with Crippen molar-refractivity contribution in [2.45, 2.75) is 6.61 Å². The fourth-order valence-electron chi connectivity index (χ4n) is 3.60. The van der Waals surface area contributed by atoms with Crippen molar-refractivity contribution in [3.63, 3.8) is 0 Å². The molecule has 37 heavy (non-hydrogen) atoms. The highest BCUT2D eigenvalue weighted by atomic mass is 79.9. The highest BCUT2D eigenvalue weighted by Crippen LogP contribution is 2.39. The van der Waals surface area contributed by atoms with Gasteiger partial charge in [-0.05, 0) is 75.2 Å². The maximum atomic E-state index is 13.2. The number of methoxy groups -OCH3 is 1. The Hall–Kier alpha value is -3.47. The summed E-state index contributed by atoms with van der Waals surface area (Å²) in [6, 6.07) is 16.7. The smallest absolute Gasteiger partial charge is 0.283 e. The number of fused-ring (bicyclic) bond motifs is 1. The van der Waals surface area contributed by atoms with Crippen LogP contribution in [0.5, 0.6) is 11.5 Å². The Bertz CT molecular complexity index is 1520. The molecule has 3 aromatic carbocycles.